The first kappa shape index (κ1) is 15.9. The minimum absolute atomic E-state index is 0.00512. The number of fused-ring (bicyclic) bond motifs is 1. The van der Waals surface area contributed by atoms with E-state index in [0.29, 0.717) is 18.5 Å². The molecule has 0 aromatic heterocycles. The number of ether oxygens (including phenoxy) is 1. The number of piperidine rings is 1. The summed E-state index contributed by atoms with van der Waals surface area (Å²) in [5.41, 5.74) is 0.873. The van der Waals surface area contributed by atoms with Crippen LogP contribution in [-0.2, 0) is 4.79 Å². The van der Waals surface area contributed by atoms with Crippen molar-refractivity contribution in [2.24, 2.45) is 5.18 Å². The molecule has 3 amide bonds. The van der Waals surface area contributed by atoms with Gasteiger partial charge in [0.2, 0.25) is 5.91 Å². The number of nitroso groups, excluding NO2 is 1. The fraction of sp³-hybridized carbons (Fsp3) is 0.312. The highest BCUT2D eigenvalue weighted by Gasteiger charge is 2.45. The van der Waals surface area contributed by atoms with E-state index in [2.05, 4.69) is 17.1 Å². The monoisotopic (exact) mass is 329 g/mol. The minimum atomic E-state index is -0.868. The van der Waals surface area contributed by atoms with E-state index in [-0.39, 0.29) is 30.0 Å². The number of allylic oxidation sites excluding steroid dienone is 1. The van der Waals surface area contributed by atoms with Crippen LogP contribution in [0.2, 0.25) is 0 Å². The Hall–Kier alpha value is -3.03. The summed E-state index contributed by atoms with van der Waals surface area (Å²) in [4.78, 5) is 48.6. The van der Waals surface area contributed by atoms with Crippen molar-refractivity contribution in [2.75, 3.05) is 13.2 Å². The van der Waals surface area contributed by atoms with Gasteiger partial charge in [0.25, 0.3) is 11.8 Å². The first-order chi connectivity index (χ1) is 11.5. The highest BCUT2D eigenvalue weighted by Crippen LogP contribution is 2.33. The minimum Gasteiger partial charge on any atom is -0.491 e. The molecule has 124 valence electrons. The molecular weight excluding hydrogens is 314 g/mol. The van der Waals surface area contributed by atoms with Gasteiger partial charge in [-0.2, -0.15) is 4.91 Å². The van der Waals surface area contributed by atoms with Crippen LogP contribution in [0, 0.1) is 4.91 Å². The number of rotatable bonds is 5. The van der Waals surface area contributed by atoms with Gasteiger partial charge in [0.15, 0.2) is 0 Å². The lowest BCUT2D eigenvalue weighted by Crippen LogP contribution is -2.51. The number of nitrogens with one attached hydrogen (secondary N) is 1. The Labute approximate surface area is 137 Å². The number of carbonyl (C=O) groups excluding carboxylic acids is 3. The van der Waals surface area contributed by atoms with Crippen LogP contribution >= 0.6 is 0 Å². The van der Waals surface area contributed by atoms with E-state index >= 15 is 0 Å². The van der Waals surface area contributed by atoms with Gasteiger partial charge in [-0.05, 0) is 25.0 Å². The molecule has 2 aliphatic heterocycles. The second-order valence-corrected chi connectivity index (χ2v) is 5.51. The van der Waals surface area contributed by atoms with E-state index in [1.165, 1.54) is 6.07 Å². The molecule has 8 nitrogen and oxygen atoms in total. The summed E-state index contributed by atoms with van der Waals surface area (Å²) in [6.45, 7) is 3.62. The van der Waals surface area contributed by atoms with E-state index in [1.54, 1.807) is 12.1 Å². The van der Waals surface area contributed by atoms with Gasteiger partial charge in [0.05, 0.1) is 11.1 Å². The maximum atomic E-state index is 12.7. The van der Waals surface area contributed by atoms with Gasteiger partial charge < -0.3 is 10.1 Å². The van der Waals surface area contributed by atoms with Gasteiger partial charge in [-0.25, -0.2) is 0 Å². The number of benzene rings is 1. The molecule has 0 saturated carbocycles. The summed E-state index contributed by atoms with van der Waals surface area (Å²) < 4.78 is 5.38. The van der Waals surface area contributed by atoms with Crippen LogP contribution in [0.4, 0.5) is 0 Å². The Morgan fingerprint density at radius 3 is 2.79 bits per heavy atom. The molecule has 1 N–H and O–H groups in total. The predicted molar refractivity (Wildman–Crippen MR) is 83.4 cm³/mol. The average molecular weight is 329 g/mol. The molecule has 0 aliphatic carbocycles. The van der Waals surface area contributed by atoms with Crippen LogP contribution in [0.1, 0.15) is 33.6 Å². The summed E-state index contributed by atoms with van der Waals surface area (Å²) in [7, 11) is 0. The maximum absolute atomic E-state index is 12.7. The van der Waals surface area contributed by atoms with Gasteiger partial charge >= 0.3 is 0 Å². The molecule has 2 aliphatic rings. The molecule has 1 unspecified atom stereocenters. The van der Waals surface area contributed by atoms with E-state index in [0.717, 1.165) is 4.90 Å². The lowest BCUT2D eigenvalue weighted by Gasteiger charge is -2.29. The SMILES string of the molecule is C=C1CCC(N2C(=O)c3cccc(OCCN=O)c3C2=O)C(=O)N1. The van der Waals surface area contributed by atoms with Gasteiger partial charge in [0, 0.05) is 5.70 Å². The van der Waals surface area contributed by atoms with Crippen molar-refractivity contribution in [1.82, 2.24) is 10.2 Å². The van der Waals surface area contributed by atoms with Crippen LogP contribution in [0.3, 0.4) is 0 Å². The van der Waals surface area contributed by atoms with Crippen molar-refractivity contribution < 1.29 is 19.1 Å². The lowest BCUT2D eigenvalue weighted by atomic mass is 10.0. The Balaban J connectivity index is 1.91. The Morgan fingerprint density at radius 2 is 2.08 bits per heavy atom. The molecule has 0 radical (unpaired) electrons. The fourth-order valence-corrected chi connectivity index (χ4v) is 2.88. The number of amides is 3. The standard InChI is InChI=1S/C16H15N3O5/c1-9-5-6-11(14(20)18-9)19-15(21)10-3-2-4-12(13(10)16(19)22)24-8-7-17-23/h2-4,11H,1,5-8H2,(H,18,20). The molecule has 24 heavy (non-hydrogen) atoms. The van der Waals surface area contributed by atoms with Gasteiger partial charge in [-0.15, -0.1) is 0 Å². The van der Waals surface area contributed by atoms with E-state index in [9.17, 15) is 19.3 Å². The van der Waals surface area contributed by atoms with Crippen molar-refractivity contribution in [3.63, 3.8) is 0 Å². The van der Waals surface area contributed by atoms with E-state index in [1.807, 2.05) is 0 Å². The summed E-state index contributed by atoms with van der Waals surface area (Å²) in [5.74, 6) is -1.31. The molecule has 1 aromatic carbocycles. The largest absolute Gasteiger partial charge is 0.491 e. The van der Waals surface area contributed by atoms with Crippen LogP contribution < -0.4 is 10.1 Å². The third-order valence-corrected chi connectivity index (χ3v) is 3.98. The first-order valence-electron chi connectivity index (χ1n) is 7.46. The van der Waals surface area contributed by atoms with Crippen molar-refractivity contribution in [2.45, 2.75) is 18.9 Å². The van der Waals surface area contributed by atoms with Crippen LogP contribution in [-0.4, -0.2) is 41.8 Å². The summed E-state index contributed by atoms with van der Waals surface area (Å²) >= 11 is 0. The third kappa shape index (κ3) is 2.55. The molecule has 1 saturated heterocycles. The zero-order valence-electron chi connectivity index (χ0n) is 12.8. The topological polar surface area (TPSA) is 105 Å². The smallest absolute Gasteiger partial charge is 0.266 e. The summed E-state index contributed by atoms with van der Waals surface area (Å²) in [6, 6.07) is 3.77. The van der Waals surface area contributed by atoms with Crippen molar-refractivity contribution in [3.05, 3.63) is 46.5 Å². The lowest BCUT2D eigenvalue weighted by molar-refractivity contribution is -0.125. The molecule has 3 rings (SSSR count). The highest BCUT2D eigenvalue weighted by molar-refractivity contribution is 6.24. The second kappa shape index (κ2) is 6.23. The quantitative estimate of drug-likeness (QED) is 0.497. The average Bonchev–Trinajstić information content (AvgIpc) is 2.81. The predicted octanol–water partition coefficient (Wildman–Crippen LogP) is 1.22. The molecule has 0 bridgehead atoms. The van der Waals surface area contributed by atoms with Crippen molar-refractivity contribution in [3.8, 4) is 5.75 Å². The number of hydrogen-bond donors (Lipinski definition) is 1. The first-order valence-corrected chi connectivity index (χ1v) is 7.46. The van der Waals surface area contributed by atoms with E-state index in [4.69, 9.17) is 4.74 Å². The number of carbonyl (C=O) groups is 3. The molecule has 0 spiro atoms. The van der Waals surface area contributed by atoms with Crippen molar-refractivity contribution in [1.29, 1.82) is 0 Å². The maximum Gasteiger partial charge on any atom is 0.266 e. The molecule has 1 aromatic rings. The Bertz CT molecular complexity index is 758. The van der Waals surface area contributed by atoms with Crippen molar-refractivity contribution >= 4 is 17.7 Å². The number of nitrogens with zero attached hydrogens (tertiary/aromatic N) is 2. The normalized spacial score (nSPS) is 20.0. The number of hydrogen-bond acceptors (Lipinski definition) is 6. The zero-order chi connectivity index (χ0) is 17.3. The summed E-state index contributed by atoms with van der Waals surface area (Å²) in [6.07, 6.45) is 0.833. The molecule has 2 heterocycles. The molecule has 1 fully saturated rings. The fourth-order valence-electron chi connectivity index (χ4n) is 2.88. The number of imide groups is 1. The van der Waals surface area contributed by atoms with Gasteiger partial charge in [0.1, 0.15) is 24.9 Å². The highest BCUT2D eigenvalue weighted by atomic mass is 16.5. The second-order valence-electron chi connectivity index (χ2n) is 5.51. The molecule has 8 heteroatoms. The van der Waals surface area contributed by atoms with Crippen LogP contribution in [0.5, 0.6) is 5.75 Å². The van der Waals surface area contributed by atoms with E-state index < -0.39 is 23.8 Å². The Kier molecular flexibility index (Phi) is 4.11. The molecule has 1 atom stereocenters. The third-order valence-electron chi connectivity index (χ3n) is 3.98. The van der Waals surface area contributed by atoms with Gasteiger partial charge in [-0.1, -0.05) is 17.8 Å². The van der Waals surface area contributed by atoms with Crippen LogP contribution in [0.25, 0.3) is 0 Å². The summed E-state index contributed by atoms with van der Waals surface area (Å²) in [5, 5.41) is 5.26. The van der Waals surface area contributed by atoms with Crippen LogP contribution in [0.15, 0.2) is 35.7 Å². The zero-order valence-corrected chi connectivity index (χ0v) is 12.8. The Morgan fingerprint density at radius 1 is 1.29 bits per heavy atom. The van der Waals surface area contributed by atoms with Gasteiger partial charge in [-0.3, -0.25) is 19.3 Å². The molecular formula is C16H15N3O5.